The molecule has 0 aliphatic rings. The van der Waals surface area contributed by atoms with Crippen LogP contribution in [0.25, 0.3) is 0 Å². The number of nitro groups is 1. The molecule has 1 heterocycles. The maximum atomic E-state index is 12.2. The van der Waals surface area contributed by atoms with E-state index in [1.54, 1.807) is 42.5 Å². The number of hydrogen-bond acceptors (Lipinski definition) is 7. The molecule has 0 saturated carbocycles. The number of benzene rings is 2. The number of amides is 1. The molecule has 0 aliphatic heterocycles. The average molecular weight is 419 g/mol. The first-order valence-corrected chi connectivity index (χ1v) is 8.53. The second kappa shape index (κ2) is 8.51. The molecule has 2 aromatic carbocycles. The summed E-state index contributed by atoms with van der Waals surface area (Å²) in [5.41, 5.74) is 5.18. The van der Waals surface area contributed by atoms with Crippen LogP contribution in [0.5, 0.6) is 0 Å². The number of carbonyl (C=O) groups is 1. The van der Waals surface area contributed by atoms with E-state index in [-0.39, 0.29) is 17.2 Å². The highest BCUT2D eigenvalue weighted by Crippen LogP contribution is 2.31. The molecule has 0 bridgehead atoms. The Hall–Kier alpha value is -3.43. The summed E-state index contributed by atoms with van der Waals surface area (Å²) in [7, 11) is 0. The van der Waals surface area contributed by atoms with Crippen LogP contribution in [-0.2, 0) is 0 Å². The van der Waals surface area contributed by atoms with Gasteiger partial charge in [0.05, 0.1) is 4.92 Å². The molecule has 0 fully saturated rings. The standard InChI is InChI=1S/C17H12Cl2N6O3/c18-11-4-6-13(7-5-11)22-15-14(25(27)28)16(21-9-20-15)23-24-17(26)10-2-1-3-12(19)8-10/h1-9H,(H,24,26)(H2,20,21,22,23). The van der Waals surface area contributed by atoms with Crippen molar-refractivity contribution in [2.45, 2.75) is 0 Å². The van der Waals surface area contributed by atoms with Gasteiger partial charge in [0.25, 0.3) is 5.91 Å². The van der Waals surface area contributed by atoms with Crippen molar-refractivity contribution in [1.82, 2.24) is 15.4 Å². The second-order valence-corrected chi connectivity index (χ2v) is 6.27. The van der Waals surface area contributed by atoms with Gasteiger partial charge in [-0.05, 0) is 42.5 Å². The van der Waals surface area contributed by atoms with E-state index in [0.717, 1.165) is 6.33 Å². The Balaban J connectivity index is 1.81. The zero-order valence-corrected chi connectivity index (χ0v) is 15.5. The Kier molecular flexibility index (Phi) is 5.87. The summed E-state index contributed by atoms with van der Waals surface area (Å²) in [6, 6.07) is 12.8. The third-order valence-corrected chi connectivity index (χ3v) is 3.98. The fraction of sp³-hybridized carbons (Fsp3) is 0. The molecular formula is C17H12Cl2N6O3. The van der Waals surface area contributed by atoms with Gasteiger partial charge in [-0.25, -0.2) is 9.97 Å². The summed E-state index contributed by atoms with van der Waals surface area (Å²) in [6.07, 6.45) is 1.12. The summed E-state index contributed by atoms with van der Waals surface area (Å²) in [5, 5.41) is 15.3. The number of halogens is 2. The quantitative estimate of drug-likeness (QED) is 0.405. The lowest BCUT2D eigenvalue weighted by Crippen LogP contribution is -2.30. The van der Waals surface area contributed by atoms with Gasteiger partial charge in [0, 0.05) is 21.3 Å². The van der Waals surface area contributed by atoms with Crippen molar-refractivity contribution < 1.29 is 9.72 Å². The second-order valence-electron chi connectivity index (χ2n) is 5.40. The number of nitrogens with zero attached hydrogens (tertiary/aromatic N) is 3. The van der Waals surface area contributed by atoms with Crippen LogP contribution >= 0.6 is 23.2 Å². The number of rotatable bonds is 6. The number of aromatic nitrogens is 2. The molecule has 11 heteroatoms. The molecular weight excluding hydrogens is 407 g/mol. The van der Waals surface area contributed by atoms with Crippen molar-refractivity contribution >= 4 is 52.1 Å². The largest absolute Gasteiger partial charge is 0.355 e. The van der Waals surface area contributed by atoms with E-state index < -0.39 is 16.5 Å². The van der Waals surface area contributed by atoms with Crippen LogP contribution in [-0.4, -0.2) is 20.8 Å². The molecule has 1 aromatic heterocycles. The van der Waals surface area contributed by atoms with Gasteiger partial charge < -0.3 is 5.32 Å². The summed E-state index contributed by atoms with van der Waals surface area (Å²) >= 11 is 11.7. The minimum absolute atomic E-state index is 0.0539. The van der Waals surface area contributed by atoms with Crippen molar-refractivity contribution in [1.29, 1.82) is 0 Å². The van der Waals surface area contributed by atoms with Crippen LogP contribution in [0.2, 0.25) is 10.0 Å². The van der Waals surface area contributed by atoms with Crippen LogP contribution in [0, 0.1) is 10.1 Å². The molecule has 0 spiro atoms. The molecule has 0 unspecified atom stereocenters. The van der Waals surface area contributed by atoms with Crippen LogP contribution in [0.15, 0.2) is 54.9 Å². The highest BCUT2D eigenvalue weighted by atomic mass is 35.5. The smallest absolute Gasteiger partial charge is 0.334 e. The van der Waals surface area contributed by atoms with E-state index in [9.17, 15) is 14.9 Å². The first-order chi connectivity index (χ1) is 13.4. The van der Waals surface area contributed by atoms with Gasteiger partial charge in [-0.1, -0.05) is 29.3 Å². The first kappa shape index (κ1) is 19.3. The monoisotopic (exact) mass is 418 g/mol. The van der Waals surface area contributed by atoms with E-state index in [1.807, 2.05) is 0 Å². The van der Waals surface area contributed by atoms with Gasteiger partial charge >= 0.3 is 5.69 Å². The summed E-state index contributed by atoms with van der Waals surface area (Å²) < 4.78 is 0. The molecule has 0 radical (unpaired) electrons. The maximum Gasteiger partial charge on any atom is 0.355 e. The lowest BCUT2D eigenvalue weighted by Gasteiger charge is -2.11. The fourth-order valence-corrected chi connectivity index (χ4v) is 2.54. The molecule has 0 atom stereocenters. The van der Waals surface area contributed by atoms with E-state index in [4.69, 9.17) is 23.2 Å². The van der Waals surface area contributed by atoms with E-state index in [2.05, 4.69) is 26.1 Å². The molecule has 1 amide bonds. The van der Waals surface area contributed by atoms with Crippen molar-refractivity contribution in [3.8, 4) is 0 Å². The fourth-order valence-electron chi connectivity index (χ4n) is 2.22. The molecule has 3 rings (SSSR count). The molecule has 0 aliphatic carbocycles. The summed E-state index contributed by atoms with van der Waals surface area (Å²) in [6.45, 7) is 0. The molecule has 0 saturated heterocycles. The van der Waals surface area contributed by atoms with Gasteiger partial charge in [0.2, 0.25) is 11.6 Å². The highest BCUT2D eigenvalue weighted by molar-refractivity contribution is 6.31. The number of hydrogen-bond donors (Lipinski definition) is 3. The number of anilines is 3. The van der Waals surface area contributed by atoms with Crippen LogP contribution in [0.3, 0.4) is 0 Å². The topological polar surface area (TPSA) is 122 Å². The van der Waals surface area contributed by atoms with Crippen LogP contribution in [0.4, 0.5) is 23.0 Å². The molecule has 3 N–H and O–H groups in total. The number of hydrazine groups is 1. The predicted octanol–water partition coefficient (Wildman–Crippen LogP) is 4.19. The van der Waals surface area contributed by atoms with E-state index in [0.29, 0.717) is 15.7 Å². The van der Waals surface area contributed by atoms with Crippen molar-refractivity contribution in [3.05, 3.63) is 80.6 Å². The Morgan fingerprint density at radius 2 is 1.71 bits per heavy atom. The summed E-state index contributed by atoms with van der Waals surface area (Å²) in [5.74, 6) is -0.781. The molecule has 28 heavy (non-hydrogen) atoms. The Labute approximate surface area is 168 Å². The molecule has 9 nitrogen and oxygen atoms in total. The van der Waals surface area contributed by atoms with Crippen molar-refractivity contribution in [2.75, 3.05) is 10.7 Å². The Morgan fingerprint density at radius 3 is 2.39 bits per heavy atom. The van der Waals surface area contributed by atoms with Crippen molar-refractivity contribution in [2.24, 2.45) is 0 Å². The predicted molar refractivity (Wildman–Crippen MR) is 106 cm³/mol. The van der Waals surface area contributed by atoms with Gasteiger partial charge in [-0.3, -0.25) is 25.8 Å². The molecule has 142 valence electrons. The normalized spacial score (nSPS) is 10.2. The Bertz CT molecular complexity index is 1030. The minimum atomic E-state index is -0.661. The lowest BCUT2D eigenvalue weighted by atomic mass is 10.2. The number of carbonyl (C=O) groups excluding carboxylic acids is 1. The lowest BCUT2D eigenvalue weighted by molar-refractivity contribution is -0.383. The van der Waals surface area contributed by atoms with Crippen molar-refractivity contribution in [3.63, 3.8) is 0 Å². The minimum Gasteiger partial charge on any atom is -0.334 e. The third-order valence-electron chi connectivity index (χ3n) is 3.49. The third kappa shape index (κ3) is 4.64. The maximum absolute atomic E-state index is 12.2. The summed E-state index contributed by atoms with van der Waals surface area (Å²) in [4.78, 5) is 30.8. The zero-order valence-electron chi connectivity index (χ0n) is 14.0. The highest BCUT2D eigenvalue weighted by Gasteiger charge is 2.23. The SMILES string of the molecule is O=C(NNc1ncnc(Nc2ccc(Cl)cc2)c1[N+](=O)[O-])c1cccc(Cl)c1. The van der Waals surface area contributed by atoms with Crippen LogP contribution in [0.1, 0.15) is 10.4 Å². The first-order valence-electron chi connectivity index (χ1n) is 7.78. The molecule has 3 aromatic rings. The Morgan fingerprint density at radius 1 is 1.00 bits per heavy atom. The number of nitrogens with one attached hydrogen (secondary N) is 3. The zero-order chi connectivity index (χ0) is 20.1. The van der Waals surface area contributed by atoms with Crippen LogP contribution < -0.4 is 16.2 Å². The van der Waals surface area contributed by atoms with Gasteiger partial charge in [-0.2, -0.15) is 0 Å². The van der Waals surface area contributed by atoms with Gasteiger partial charge in [-0.15, -0.1) is 0 Å². The van der Waals surface area contributed by atoms with Gasteiger partial charge in [0.1, 0.15) is 6.33 Å². The average Bonchev–Trinajstić information content (AvgIpc) is 2.67. The van der Waals surface area contributed by atoms with E-state index in [1.165, 1.54) is 6.07 Å². The van der Waals surface area contributed by atoms with Gasteiger partial charge in [0.15, 0.2) is 0 Å². The van der Waals surface area contributed by atoms with E-state index >= 15 is 0 Å².